The van der Waals surface area contributed by atoms with Crippen LogP contribution in [0.2, 0.25) is 0 Å². The molecule has 0 saturated heterocycles. The van der Waals surface area contributed by atoms with Crippen molar-refractivity contribution in [1.29, 1.82) is 0 Å². The second-order valence-electron chi connectivity index (χ2n) is 6.15. The van der Waals surface area contributed by atoms with Gasteiger partial charge in [0, 0.05) is 18.3 Å². The molecule has 0 bridgehead atoms. The van der Waals surface area contributed by atoms with E-state index in [1.807, 2.05) is 26.8 Å². The highest BCUT2D eigenvalue weighted by Crippen LogP contribution is 2.12. The van der Waals surface area contributed by atoms with Crippen LogP contribution in [0.25, 0.3) is 5.82 Å². The summed E-state index contributed by atoms with van der Waals surface area (Å²) in [6, 6.07) is 5.03. The molecule has 0 aromatic carbocycles. The number of hydrogen-bond donors (Lipinski definition) is 1. The van der Waals surface area contributed by atoms with E-state index >= 15 is 0 Å². The van der Waals surface area contributed by atoms with E-state index in [9.17, 15) is 9.59 Å². The van der Waals surface area contributed by atoms with Gasteiger partial charge < -0.3 is 5.32 Å². The maximum atomic E-state index is 12.3. The van der Waals surface area contributed by atoms with Crippen molar-refractivity contribution in [2.45, 2.75) is 40.2 Å². The topological polar surface area (TPSA) is 108 Å². The van der Waals surface area contributed by atoms with Crippen molar-refractivity contribution in [3.05, 3.63) is 50.5 Å². The van der Waals surface area contributed by atoms with Gasteiger partial charge in [0.2, 0.25) is 0 Å². The van der Waals surface area contributed by atoms with Crippen LogP contribution in [0.15, 0.2) is 23.0 Å². The Morgan fingerprint density at radius 1 is 1.26 bits per heavy atom. The average Bonchev–Trinajstić information content (AvgIpc) is 3.23. The fourth-order valence-corrected chi connectivity index (χ4v) is 3.33. The van der Waals surface area contributed by atoms with Crippen molar-refractivity contribution < 1.29 is 4.79 Å². The van der Waals surface area contributed by atoms with E-state index < -0.39 is 0 Å². The maximum Gasteiger partial charge on any atom is 0.266 e. The first-order chi connectivity index (χ1) is 13.0. The molecular formula is C17H21N7O2S. The lowest BCUT2D eigenvalue weighted by Gasteiger charge is -2.09. The number of nitrogens with zero attached hydrogens (tertiary/aromatic N) is 6. The van der Waals surface area contributed by atoms with Gasteiger partial charge in [-0.2, -0.15) is 5.10 Å². The molecule has 142 valence electrons. The molecule has 10 heteroatoms. The lowest BCUT2D eigenvalue weighted by Crippen LogP contribution is -2.32. The first-order valence-electron chi connectivity index (χ1n) is 8.71. The van der Waals surface area contributed by atoms with Gasteiger partial charge in [-0.1, -0.05) is 17.8 Å². The van der Waals surface area contributed by atoms with Crippen LogP contribution in [0.3, 0.4) is 0 Å². The molecule has 27 heavy (non-hydrogen) atoms. The van der Waals surface area contributed by atoms with Crippen molar-refractivity contribution in [3.63, 3.8) is 0 Å². The molecule has 1 amide bonds. The summed E-state index contributed by atoms with van der Waals surface area (Å²) in [4.78, 5) is 24.9. The summed E-state index contributed by atoms with van der Waals surface area (Å²) in [5.74, 6) is 0.333. The van der Waals surface area contributed by atoms with Crippen LogP contribution in [-0.2, 0) is 13.0 Å². The van der Waals surface area contributed by atoms with Gasteiger partial charge in [0.05, 0.1) is 17.9 Å². The van der Waals surface area contributed by atoms with Crippen LogP contribution in [0.5, 0.6) is 0 Å². The van der Waals surface area contributed by atoms with E-state index in [-0.39, 0.29) is 24.6 Å². The van der Waals surface area contributed by atoms with Crippen LogP contribution in [0.1, 0.15) is 40.1 Å². The van der Waals surface area contributed by atoms with Crippen LogP contribution >= 0.6 is 11.5 Å². The first-order valence-corrected chi connectivity index (χ1v) is 9.48. The Labute approximate surface area is 160 Å². The molecule has 0 aliphatic rings. The summed E-state index contributed by atoms with van der Waals surface area (Å²) in [6.45, 7) is 6.38. The van der Waals surface area contributed by atoms with Crippen LogP contribution in [-0.4, -0.2) is 41.6 Å². The Morgan fingerprint density at radius 3 is 2.78 bits per heavy atom. The molecule has 0 aliphatic heterocycles. The predicted molar refractivity (Wildman–Crippen MR) is 101 cm³/mol. The lowest BCUT2D eigenvalue weighted by atomic mass is 10.2. The van der Waals surface area contributed by atoms with Crippen molar-refractivity contribution in [2.75, 3.05) is 6.54 Å². The Hall–Kier alpha value is -2.88. The summed E-state index contributed by atoms with van der Waals surface area (Å²) in [7, 11) is 0. The Morgan fingerprint density at radius 2 is 2.07 bits per heavy atom. The second-order valence-corrected chi connectivity index (χ2v) is 6.90. The molecule has 1 N–H and O–H groups in total. The molecule has 0 unspecified atom stereocenters. The largest absolute Gasteiger partial charge is 0.349 e. The zero-order valence-electron chi connectivity index (χ0n) is 15.5. The number of hydrogen-bond acceptors (Lipinski definition) is 7. The van der Waals surface area contributed by atoms with E-state index in [0.717, 1.165) is 29.3 Å². The van der Waals surface area contributed by atoms with E-state index in [1.165, 1.54) is 10.7 Å². The number of carbonyl (C=O) groups excluding carboxylic acids is 1. The van der Waals surface area contributed by atoms with E-state index in [2.05, 4.69) is 25.1 Å². The molecule has 0 fully saturated rings. The SMILES string of the molecule is CCCc1nnsc1C(=O)NCCn1nc(-n2nc(C)cc2C)ccc1=O. The highest BCUT2D eigenvalue weighted by atomic mass is 32.1. The Bertz CT molecular complexity index is 1000. The molecule has 0 radical (unpaired) electrons. The molecule has 3 rings (SSSR count). The van der Waals surface area contributed by atoms with Gasteiger partial charge in [-0.05, 0) is 43.9 Å². The van der Waals surface area contributed by atoms with Crippen LogP contribution < -0.4 is 10.9 Å². The first kappa shape index (κ1) is 18.9. The average molecular weight is 387 g/mol. The third kappa shape index (κ3) is 4.27. The zero-order chi connectivity index (χ0) is 19.4. The monoisotopic (exact) mass is 387 g/mol. The number of rotatable bonds is 7. The van der Waals surface area contributed by atoms with Crippen molar-refractivity contribution in [2.24, 2.45) is 0 Å². The van der Waals surface area contributed by atoms with Gasteiger partial charge in [-0.3, -0.25) is 9.59 Å². The lowest BCUT2D eigenvalue weighted by molar-refractivity contribution is 0.0954. The summed E-state index contributed by atoms with van der Waals surface area (Å²) in [5.41, 5.74) is 2.28. The van der Waals surface area contributed by atoms with Gasteiger partial charge in [0.15, 0.2) is 5.82 Å². The van der Waals surface area contributed by atoms with E-state index in [1.54, 1.807) is 10.7 Å². The summed E-state index contributed by atoms with van der Waals surface area (Å²) in [5, 5.41) is 15.5. The molecule has 9 nitrogen and oxygen atoms in total. The normalized spacial score (nSPS) is 10.9. The quantitative estimate of drug-likeness (QED) is 0.654. The van der Waals surface area contributed by atoms with Crippen molar-refractivity contribution >= 4 is 17.4 Å². The van der Waals surface area contributed by atoms with Gasteiger partial charge in [0.1, 0.15) is 4.88 Å². The maximum absolute atomic E-state index is 12.3. The number of aromatic nitrogens is 6. The summed E-state index contributed by atoms with van der Waals surface area (Å²) >= 11 is 1.08. The predicted octanol–water partition coefficient (Wildman–Crippen LogP) is 1.28. The molecule has 0 spiro atoms. The molecule has 3 aromatic heterocycles. The summed E-state index contributed by atoms with van der Waals surface area (Å²) in [6.07, 6.45) is 1.61. The molecule has 0 saturated carbocycles. The Kier molecular flexibility index (Phi) is 5.75. The minimum atomic E-state index is -0.236. The van der Waals surface area contributed by atoms with Crippen LogP contribution in [0.4, 0.5) is 0 Å². The second kappa shape index (κ2) is 8.21. The Balaban J connectivity index is 1.68. The number of amides is 1. The molecular weight excluding hydrogens is 366 g/mol. The van der Waals surface area contributed by atoms with Gasteiger partial charge in [-0.15, -0.1) is 10.2 Å². The fraction of sp³-hybridized carbons (Fsp3) is 0.412. The van der Waals surface area contributed by atoms with E-state index in [4.69, 9.17) is 0 Å². The number of aryl methyl sites for hydroxylation is 3. The molecule has 0 aliphatic carbocycles. The number of nitrogens with one attached hydrogen (secondary N) is 1. The third-order valence-corrected chi connectivity index (χ3v) is 4.70. The minimum absolute atomic E-state index is 0.226. The fourth-order valence-electron chi connectivity index (χ4n) is 2.71. The molecule has 0 atom stereocenters. The van der Waals surface area contributed by atoms with Crippen LogP contribution in [0, 0.1) is 13.8 Å². The molecule has 3 aromatic rings. The molecule has 3 heterocycles. The van der Waals surface area contributed by atoms with Gasteiger partial charge in [-0.25, -0.2) is 9.36 Å². The number of carbonyl (C=O) groups is 1. The highest BCUT2D eigenvalue weighted by Gasteiger charge is 2.15. The summed E-state index contributed by atoms with van der Waals surface area (Å²) < 4.78 is 6.86. The highest BCUT2D eigenvalue weighted by molar-refractivity contribution is 7.08. The zero-order valence-corrected chi connectivity index (χ0v) is 16.3. The third-order valence-electron chi connectivity index (χ3n) is 3.94. The standard InChI is InChI=1S/C17H21N7O2S/c1-4-5-13-16(27-22-19-13)17(26)18-8-9-23-15(25)7-6-14(21-23)24-12(3)10-11(2)20-24/h6-7,10H,4-5,8-9H2,1-3H3,(H,18,26). The minimum Gasteiger partial charge on any atom is -0.349 e. The smallest absolute Gasteiger partial charge is 0.266 e. The van der Waals surface area contributed by atoms with Crippen molar-refractivity contribution in [3.8, 4) is 5.82 Å². The van der Waals surface area contributed by atoms with Gasteiger partial charge in [0.25, 0.3) is 11.5 Å². The van der Waals surface area contributed by atoms with Gasteiger partial charge >= 0.3 is 0 Å². The van der Waals surface area contributed by atoms with Crippen molar-refractivity contribution in [1.82, 2.24) is 34.5 Å². The van der Waals surface area contributed by atoms with E-state index in [0.29, 0.717) is 22.8 Å².